The first-order valence-corrected chi connectivity index (χ1v) is 13.3. The normalized spacial score (nSPS) is 12.0. The van der Waals surface area contributed by atoms with Gasteiger partial charge in [0.25, 0.3) is 0 Å². The van der Waals surface area contributed by atoms with Crippen LogP contribution in [0, 0.1) is 13.8 Å². The molecule has 0 radical (unpaired) electrons. The molecule has 184 valence electrons. The molecule has 1 aromatic carbocycles. The molecule has 0 aliphatic heterocycles. The van der Waals surface area contributed by atoms with Crippen molar-refractivity contribution in [3.8, 4) is 0 Å². The highest BCUT2D eigenvalue weighted by Crippen LogP contribution is 2.23. The third kappa shape index (κ3) is 10.7. The fourth-order valence-electron chi connectivity index (χ4n) is 3.61. The van der Waals surface area contributed by atoms with Crippen LogP contribution in [-0.4, -0.2) is 35.7 Å². The highest BCUT2D eigenvalue weighted by Gasteiger charge is 2.28. The molecule has 4 heteroatoms. The van der Waals surface area contributed by atoms with Crippen molar-refractivity contribution in [1.29, 1.82) is 0 Å². The van der Waals surface area contributed by atoms with Crippen LogP contribution >= 0.6 is 11.5 Å². The van der Waals surface area contributed by atoms with Gasteiger partial charge in [-0.2, -0.15) is 4.37 Å². The SMILES string of the molecule is C=C(CCc1ccccc1C)OC(C)[N+](C)(C)CC(=C)c1nscc1C.CCCCCCC. The molecule has 0 amide bonds. The maximum Gasteiger partial charge on any atom is 0.230 e. The summed E-state index contributed by atoms with van der Waals surface area (Å²) in [4.78, 5) is 0. The molecule has 0 spiro atoms. The molecule has 0 fully saturated rings. The number of rotatable bonds is 13. The number of aromatic nitrogens is 1. The van der Waals surface area contributed by atoms with E-state index in [1.165, 1.54) is 60.3 Å². The number of benzene rings is 1. The van der Waals surface area contributed by atoms with Gasteiger partial charge in [0.15, 0.2) is 0 Å². The van der Waals surface area contributed by atoms with E-state index in [9.17, 15) is 0 Å². The van der Waals surface area contributed by atoms with E-state index in [-0.39, 0.29) is 6.23 Å². The third-order valence-electron chi connectivity index (χ3n) is 6.14. The Morgan fingerprint density at radius 1 is 1.03 bits per heavy atom. The number of ether oxygens (including phenoxy) is 1. The Labute approximate surface area is 207 Å². The number of quaternary nitrogens is 1. The fourth-order valence-corrected chi connectivity index (χ4v) is 4.31. The maximum absolute atomic E-state index is 6.14. The average molecular weight is 472 g/mol. The lowest BCUT2D eigenvalue weighted by Crippen LogP contribution is -2.49. The minimum absolute atomic E-state index is 0.00457. The molecule has 3 nitrogen and oxygen atoms in total. The van der Waals surface area contributed by atoms with Crippen LogP contribution in [0.3, 0.4) is 0 Å². The molecule has 1 atom stereocenters. The van der Waals surface area contributed by atoms with E-state index in [2.05, 4.69) is 95.9 Å². The van der Waals surface area contributed by atoms with Gasteiger partial charge in [-0.1, -0.05) is 83.4 Å². The number of likely N-dealkylation sites (N-methyl/N-ethyl adjacent to an activating group) is 1. The Hall–Kier alpha value is -1.91. The molecule has 2 rings (SSSR count). The third-order valence-corrected chi connectivity index (χ3v) is 6.89. The topological polar surface area (TPSA) is 22.1 Å². The van der Waals surface area contributed by atoms with Crippen LogP contribution in [-0.2, 0) is 11.2 Å². The summed E-state index contributed by atoms with van der Waals surface area (Å²) in [6.07, 6.45) is 8.79. The van der Waals surface area contributed by atoms with Crippen LogP contribution in [0.2, 0.25) is 0 Å². The summed E-state index contributed by atoms with van der Waals surface area (Å²) in [6, 6.07) is 8.48. The summed E-state index contributed by atoms with van der Waals surface area (Å²) in [7, 11) is 4.32. The molecule has 33 heavy (non-hydrogen) atoms. The second-order valence-corrected chi connectivity index (χ2v) is 10.3. The highest BCUT2D eigenvalue weighted by molar-refractivity contribution is 7.03. The van der Waals surface area contributed by atoms with Crippen LogP contribution in [0.1, 0.15) is 81.7 Å². The van der Waals surface area contributed by atoms with Crippen molar-refractivity contribution in [2.75, 3.05) is 20.6 Å². The van der Waals surface area contributed by atoms with E-state index < -0.39 is 0 Å². The van der Waals surface area contributed by atoms with Gasteiger partial charge in [-0.25, -0.2) is 0 Å². The summed E-state index contributed by atoms with van der Waals surface area (Å²) >= 11 is 1.48. The first-order valence-electron chi connectivity index (χ1n) is 12.4. The highest BCUT2D eigenvalue weighted by atomic mass is 32.1. The Morgan fingerprint density at radius 3 is 2.21 bits per heavy atom. The van der Waals surface area contributed by atoms with E-state index >= 15 is 0 Å². The zero-order chi connectivity index (χ0) is 24.9. The minimum Gasteiger partial charge on any atom is -0.448 e. The standard InChI is InChI=1S/C22H31N2OS.C7H16/c1-16-10-8-9-11-21(16)13-12-19(4)25-20(5)24(6,7)14-17(2)22-18(3)15-26-23-22;1-3-5-7-6-4-2/h8-11,15,20H,2,4,12-14H2,1,3,5-7H3;3-7H2,1-2H3/q+1;. The summed E-state index contributed by atoms with van der Waals surface area (Å²) < 4.78 is 11.3. The van der Waals surface area contributed by atoms with E-state index in [0.717, 1.165) is 36.4 Å². The summed E-state index contributed by atoms with van der Waals surface area (Å²) in [6.45, 7) is 20.0. The van der Waals surface area contributed by atoms with Gasteiger partial charge in [-0.05, 0) is 48.5 Å². The second-order valence-electron chi connectivity index (χ2n) is 9.63. The largest absolute Gasteiger partial charge is 0.448 e. The van der Waals surface area contributed by atoms with Gasteiger partial charge in [0.1, 0.15) is 6.54 Å². The van der Waals surface area contributed by atoms with Crippen molar-refractivity contribution < 1.29 is 9.22 Å². The molecular weight excluding hydrogens is 424 g/mol. The lowest BCUT2D eigenvalue weighted by atomic mass is 10.0. The monoisotopic (exact) mass is 471 g/mol. The van der Waals surface area contributed by atoms with Crippen molar-refractivity contribution in [2.45, 2.75) is 85.8 Å². The van der Waals surface area contributed by atoms with Crippen molar-refractivity contribution in [1.82, 2.24) is 4.37 Å². The van der Waals surface area contributed by atoms with Gasteiger partial charge < -0.3 is 4.74 Å². The zero-order valence-corrected chi connectivity index (χ0v) is 23.1. The number of nitrogens with zero attached hydrogens (tertiary/aromatic N) is 2. The Bertz CT molecular complexity index is 849. The molecule has 0 aliphatic carbocycles. The van der Waals surface area contributed by atoms with Gasteiger partial charge in [-0.15, -0.1) is 0 Å². The Morgan fingerprint density at radius 2 is 1.67 bits per heavy atom. The molecule has 1 aromatic heterocycles. The van der Waals surface area contributed by atoms with E-state index in [1.807, 2.05) is 0 Å². The van der Waals surface area contributed by atoms with Gasteiger partial charge in [0.2, 0.25) is 6.23 Å². The number of aryl methyl sites for hydroxylation is 3. The average Bonchev–Trinajstić information content (AvgIpc) is 3.20. The zero-order valence-electron chi connectivity index (χ0n) is 22.2. The van der Waals surface area contributed by atoms with E-state index in [1.54, 1.807) is 0 Å². The van der Waals surface area contributed by atoms with Crippen LogP contribution in [0.15, 0.2) is 48.6 Å². The number of hydrogen-bond acceptors (Lipinski definition) is 3. The molecule has 0 bridgehead atoms. The number of hydrogen-bond donors (Lipinski definition) is 0. The summed E-state index contributed by atoms with van der Waals surface area (Å²) in [5, 5.41) is 2.06. The molecule has 0 aliphatic rings. The predicted molar refractivity (Wildman–Crippen MR) is 146 cm³/mol. The maximum atomic E-state index is 6.14. The van der Waals surface area contributed by atoms with E-state index in [0.29, 0.717) is 4.48 Å². The second kappa shape index (κ2) is 15.1. The van der Waals surface area contributed by atoms with Crippen molar-refractivity contribution in [2.24, 2.45) is 0 Å². The van der Waals surface area contributed by atoms with E-state index in [4.69, 9.17) is 4.74 Å². The Kier molecular flexibility index (Phi) is 13.3. The first kappa shape index (κ1) is 29.1. The molecular formula is C29H47N2OS+. The molecule has 0 N–H and O–H groups in total. The first-order chi connectivity index (χ1) is 15.6. The molecule has 0 saturated carbocycles. The molecule has 1 heterocycles. The number of unbranched alkanes of at least 4 members (excludes halogenated alkanes) is 4. The minimum atomic E-state index is -0.00457. The van der Waals surface area contributed by atoms with Crippen molar-refractivity contribution >= 4 is 17.1 Å². The van der Waals surface area contributed by atoms with Gasteiger partial charge in [0, 0.05) is 24.3 Å². The van der Waals surface area contributed by atoms with Crippen LogP contribution < -0.4 is 0 Å². The van der Waals surface area contributed by atoms with Gasteiger partial charge in [0.05, 0.1) is 25.5 Å². The van der Waals surface area contributed by atoms with Crippen LogP contribution in [0.25, 0.3) is 5.57 Å². The molecule has 1 unspecified atom stereocenters. The molecule has 0 saturated heterocycles. The van der Waals surface area contributed by atoms with Crippen molar-refractivity contribution in [3.05, 3.63) is 70.9 Å². The molecule has 2 aromatic rings. The lowest BCUT2D eigenvalue weighted by Gasteiger charge is -2.36. The van der Waals surface area contributed by atoms with Gasteiger partial charge >= 0.3 is 0 Å². The summed E-state index contributed by atoms with van der Waals surface area (Å²) in [5.41, 5.74) is 5.93. The summed E-state index contributed by atoms with van der Waals surface area (Å²) in [5.74, 6) is 0.836. The van der Waals surface area contributed by atoms with Crippen LogP contribution in [0.4, 0.5) is 0 Å². The fraction of sp³-hybridized carbons (Fsp3) is 0.552. The predicted octanol–water partition coefficient (Wildman–Crippen LogP) is 8.34. The van der Waals surface area contributed by atoms with Gasteiger partial charge in [-0.3, -0.25) is 4.48 Å². The smallest absolute Gasteiger partial charge is 0.230 e. The van der Waals surface area contributed by atoms with Crippen LogP contribution in [0.5, 0.6) is 0 Å². The lowest BCUT2D eigenvalue weighted by molar-refractivity contribution is -0.927. The van der Waals surface area contributed by atoms with Crippen molar-refractivity contribution in [3.63, 3.8) is 0 Å². The number of allylic oxidation sites excluding steroid dienone is 1. The quantitative estimate of drug-likeness (QED) is 0.127. The Balaban J connectivity index is 0.000000675.